The summed E-state index contributed by atoms with van der Waals surface area (Å²) in [6, 6.07) is 21.2. The number of nitriles is 1. The molecule has 6 heteroatoms. The van der Waals surface area contributed by atoms with Gasteiger partial charge in [0, 0.05) is 5.02 Å². The maximum absolute atomic E-state index is 9.69. The number of fused-ring (bicyclic) bond motifs is 1. The van der Waals surface area contributed by atoms with Crippen molar-refractivity contribution in [1.29, 1.82) is 5.26 Å². The Hall–Kier alpha value is -3.75. The highest BCUT2D eigenvalue weighted by atomic mass is 35.5. The molecular formula is C25H20ClN3O2. The van der Waals surface area contributed by atoms with Gasteiger partial charge in [-0.25, -0.2) is 4.98 Å². The van der Waals surface area contributed by atoms with E-state index in [-0.39, 0.29) is 0 Å². The monoisotopic (exact) mass is 429 g/mol. The van der Waals surface area contributed by atoms with Gasteiger partial charge >= 0.3 is 0 Å². The molecule has 3 aromatic carbocycles. The van der Waals surface area contributed by atoms with Crippen molar-refractivity contribution in [3.05, 3.63) is 88.2 Å². The molecule has 0 saturated heterocycles. The summed E-state index contributed by atoms with van der Waals surface area (Å²) in [5, 5.41) is 10.4. The molecule has 0 radical (unpaired) electrons. The van der Waals surface area contributed by atoms with Gasteiger partial charge < -0.3 is 14.5 Å². The third-order valence-electron chi connectivity index (χ3n) is 4.82. The summed E-state index contributed by atoms with van der Waals surface area (Å²) >= 11 is 5.93. The van der Waals surface area contributed by atoms with Crippen LogP contribution in [-0.4, -0.2) is 17.1 Å². The minimum Gasteiger partial charge on any atom is -0.493 e. The highest BCUT2D eigenvalue weighted by molar-refractivity contribution is 6.30. The molecule has 0 amide bonds. The number of allylic oxidation sites excluding steroid dienone is 1. The van der Waals surface area contributed by atoms with Gasteiger partial charge in [-0.2, -0.15) is 5.26 Å². The second-order valence-electron chi connectivity index (χ2n) is 7.10. The molecule has 5 nitrogen and oxygen atoms in total. The van der Waals surface area contributed by atoms with E-state index in [2.05, 4.69) is 16.0 Å². The van der Waals surface area contributed by atoms with Gasteiger partial charge in [0.15, 0.2) is 11.5 Å². The zero-order valence-corrected chi connectivity index (χ0v) is 17.9. The number of aromatic amines is 1. The van der Waals surface area contributed by atoms with Crippen molar-refractivity contribution >= 4 is 34.3 Å². The topological polar surface area (TPSA) is 70.9 Å². The summed E-state index contributed by atoms with van der Waals surface area (Å²) in [6.07, 6.45) is 1.77. The normalized spacial score (nSPS) is 11.4. The highest BCUT2D eigenvalue weighted by Gasteiger charge is 2.10. The van der Waals surface area contributed by atoms with Crippen molar-refractivity contribution < 1.29 is 9.47 Å². The van der Waals surface area contributed by atoms with E-state index in [9.17, 15) is 5.26 Å². The van der Waals surface area contributed by atoms with Gasteiger partial charge in [0.2, 0.25) is 0 Å². The Labute approximate surface area is 185 Å². The number of ether oxygens (including phenoxy) is 2. The molecular weight excluding hydrogens is 410 g/mol. The number of hydrogen-bond acceptors (Lipinski definition) is 4. The summed E-state index contributed by atoms with van der Waals surface area (Å²) < 4.78 is 11.4. The molecule has 0 fully saturated rings. The van der Waals surface area contributed by atoms with Crippen molar-refractivity contribution in [3.63, 3.8) is 0 Å². The fraction of sp³-hybridized carbons (Fsp3) is 0.120. The fourth-order valence-corrected chi connectivity index (χ4v) is 3.33. The van der Waals surface area contributed by atoms with Crippen molar-refractivity contribution in [3.8, 4) is 17.6 Å². The molecule has 1 aromatic heterocycles. The molecule has 0 aliphatic rings. The van der Waals surface area contributed by atoms with E-state index >= 15 is 0 Å². The van der Waals surface area contributed by atoms with E-state index in [1.165, 1.54) is 0 Å². The predicted octanol–water partition coefficient (Wildman–Crippen LogP) is 6.18. The van der Waals surface area contributed by atoms with Crippen molar-refractivity contribution in [2.75, 3.05) is 7.11 Å². The zero-order chi connectivity index (χ0) is 21.8. The number of halogens is 1. The Morgan fingerprint density at radius 1 is 1.10 bits per heavy atom. The molecule has 0 aliphatic heterocycles. The minimum atomic E-state index is 0.393. The smallest absolute Gasteiger partial charge is 0.161 e. The van der Waals surface area contributed by atoms with Crippen molar-refractivity contribution in [2.45, 2.75) is 13.5 Å². The first-order chi connectivity index (χ1) is 15.1. The minimum absolute atomic E-state index is 0.393. The van der Waals surface area contributed by atoms with Gasteiger partial charge in [-0.3, -0.25) is 0 Å². The summed E-state index contributed by atoms with van der Waals surface area (Å²) in [7, 11) is 1.59. The molecule has 1 heterocycles. The average molecular weight is 430 g/mol. The molecule has 0 unspecified atom stereocenters. The SMILES string of the molecule is COc1cc(/C=C(\C#N)c2nc3ccc(C)cc3[nH]2)ccc1OCc1ccc(Cl)cc1. The van der Waals surface area contributed by atoms with Crippen LogP contribution in [0, 0.1) is 18.3 Å². The Balaban J connectivity index is 1.58. The van der Waals surface area contributed by atoms with Crippen LogP contribution in [0.15, 0.2) is 60.7 Å². The Kier molecular flexibility index (Phi) is 5.92. The van der Waals surface area contributed by atoms with Gasteiger partial charge in [0.05, 0.1) is 23.7 Å². The van der Waals surface area contributed by atoms with E-state index in [4.69, 9.17) is 21.1 Å². The second-order valence-corrected chi connectivity index (χ2v) is 7.54. The molecule has 1 N–H and O–H groups in total. The number of rotatable bonds is 6. The number of H-pyrrole nitrogens is 1. The first-order valence-electron chi connectivity index (χ1n) is 9.69. The Bertz CT molecular complexity index is 1300. The summed E-state index contributed by atoms with van der Waals surface area (Å²) in [4.78, 5) is 7.76. The predicted molar refractivity (Wildman–Crippen MR) is 123 cm³/mol. The number of nitrogens with zero attached hydrogens (tertiary/aromatic N) is 2. The number of methoxy groups -OCH3 is 1. The second kappa shape index (κ2) is 8.95. The van der Waals surface area contributed by atoms with Crippen molar-refractivity contribution in [2.24, 2.45) is 0 Å². The molecule has 0 saturated carbocycles. The molecule has 31 heavy (non-hydrogen) atoms. The van der Waals surface area contributed by atoms with E-state index in [0.717, 1.165) is 27.7 Å². The Morgan fingerprint density at radius 2 is 1.90 bits per heavy atom. The molecule has 0 bridgehead atoms. The summed E-state index contributed by atoms with van der Waals surface area (Å²) in [5.74, 6) is 1.73. The number of nitrogens with one attached hydrogen (secondary N) is 1. The van der Waals surface area contributed by atoms with Crippen LogP contribution in [-0.2, 0) is 6.61 Å². The van der Waals surface area contributed by atoms with Crippen molar-refractivity contribution in [1.82, 2.24) is 9.97 Å². The first-order valence-corrected chi connectivity index (χ1v) is 10.1. The van der Waals surface area contributed by atoms with Crippen LogP contribution >= 0.6 is 11.6 Å². The lowest BCUT2D eigenvalue weighted by molar-refractivity contribution is 0.284. The van der Waals surface area contributed by atoms with Gasteiger partial charge in [0.25, 0.3) is 0 Å². The number of benzene rings is 3. The van der Waals surface area contributed by atoms with Crippen LogP contribution in [0.3, 0.4) is 0 Å². The lowest BCUT2D eigenvalue weighted by Gasteiger charge is -2.11. The average Bonchev–Trinajstić information content (AvgIpc) is 3.20. The van der Waals surface area contributed by atoms with Crippen LogP contribution in [0.4, 0.5) is 0 Å². The molecule has 4 aromatic rings. The maximum Gasteiger partial charge on any atom is 0.161 e. The van der Waals surface area contributed by atoms with E-state index in [1.54, 1.807) is 13.2 Å². The Morgan fingerprint density at radius 3 is 2.65 bits per heavy atom. The van der Waals surface area contributed by atoms with Gasteiger partial charge in [-0.1, -0.05) is 35.9 Å². The number of imidazole rings is 1. The van der Waals surface area contributed by atoms with E-state index < -0.39 is 0 Å². The van der Waals surface area contributed by atoms with Crippen LogP contribution in [0.5, 0.6) is 11.5 Å². The van der Waals surface area contributed by atoms with Crippen LogP contribution < -0.4 is 9.47 Å². The highest BCUT2D eigenvalue weighted by Crippen LogP contribution is 2.30. The van der Waals surface area contributed by atoms with E-state index in [0.29, 0.717) is 34.5 Å². The summed E-state index contributed by atoms with van der Waals surface area (Å²) in [5.41, 5.74) is 5.10. The maximum atomic E-state index is 9.69. The lowest BCUT2D eigenvalue weighted by Crippen LogP contribution is -1.98. The van der Waals surface area contributed by atoms with Crippen LogP contribution in [0.25, 0.3) is 22.7 Å². The number of aryl methyl sites for hydroxylation is 1. The third-order valence-corrected chi connectivity index (χ3v) is 5.07. The molecule has 154 valence electrons. The van der Waals surface area contributed by atoms with Gasteiger partial charge in [-0.15, -0.1) is 0 Å². The largest absolute Gasteiger partial charge is 0.493 e. The van der Waals surface area contributed by atoms with Crippen LogP contribution in [0.1, 0.15) is 22.5 Å². The zero-order valence-electron chi connectivity index (χ0n) is 17.1. The molecule has 0 atom stereocenters. The van der Waals surface area contributed by atoms with Gasteiger partial charge in [0.1, 0.15) is 18.5 Å². The van der Waals surface area contributed by atoms with Crippen LogP contribution in [0.2, 0.25) is 5.02 Å². The lowest BCUT2D eigenvalue weighted by atomic mass is 10.1. The number of hydrogen-bond donors (Lipinski definition) is 1. The quantitative estimate of drug-likeness (QED) is 0.371. The third kappa shape index (κ3) is 4.71. The molecule has 0 spiro atoms. The number of aromatic nitrogens is 2. The van der Waals surface area contributed by atoms with E-state index in [1.807, 2.05) is 67.6 Å². The van der Waals surface area contributed by atoms with Gasteiger partial charge in [-0.05, 0) is 66.1 Å². The molecule has 0 aliphatic carbocycles. The first kappa shape index (κ1) is 20.5. The summed E-state index contributed by atoms with van der Waals surface area (Å²) in [6.45, 7) is 2.41. The standard InChI is InChI=1S/C25H20ClN3O2/c1-16-3-9-21-22(11-16)29-25(28-21)19(14-27)12-18-6-10-23(24(13-18)30-2)31-15-17-4-7-20(26)8-5-17/h3-13H,15H2,1-2H3,(H,28,29)/b19-12+. The molecule has 4 rings (SSSR count). The fourth-order valence-electron chi connectivity index (χ4n) is 3.21.